The third-order valence-electron chi connectivity index (χ3n) is 5.02. The number of halogens is 1. The van der Waals surface area contributed by atoms with Crippen LogP contribution in [0.5, 0.6) is 6.01 Å². The summed E-state index contributed by atoms with van der Waals surface area (Å²) in [5.41, 5.74) is 5.65. The predicted molar refractivity (Wildman–Crippen MR) is 114 cm³/mol. The number of fused-ring (bicyclic) bond motifs is 1. The Hall–Kier alpha value is -4.00. The van der Waals surface area contributed by atoms with Gasteiger partial charge in [0.25, 0.3) is 5.56 Å². The molecule has 0 bridgehead atoms. The molecule has 2 aromatic heterocycles. The number of alkyl halides is 1. The van der Waals surface area contributed by atoms with Crippen LogP contribution in [0.15, 0.2) is 35.1 Å². The standard InChI is InChI=1S/C21H22FN5O7/c1-10(28)31-9-13-14(22)16(33-11(2)29)19(34-13)27-17-15(18(30)26-20(23)25-17)24-21(27)32-8-12-6-4-3-5-7-12/h3-7,13-14,16,19H,8-9H2,1-2H3,(H3,23,25,26,30)/t13-,14-,16-,19-/m1/s1. The van der Waals surface area contributed by atoms with Gasteiger partial charge in [0.1, 0.15) is 19.3 Å². The summed E-state index contributed by atoms with van der Waals surface area (Å²) in [5.74, 6) is -1.62. The molecular formula is C21H22FN5O7. The van der Waals surface area contributed by atoms with E-state index in [4.69, 9.17) is 24.7 Å². The molecule has 1 fully saturated rings. The Morgan fingerprint density at radius 2 is 1.94 bits per heavy atom. The molecule has 13 heteroatoms. The maximum atomic E-state index is 15.3. The molecule has 0 saturated carbocycles. The Morgan fingerprint density at radius 3 is 2.62 bits per heavy atom. The molecule has 1 saturated heterocycles. The van der Waals surface area contributed by atoms with Crippen molar-refractivity contribution in [2.75, 3.05) is 12.3 Å². The number of hydrogen-bond acceptors (Lipinski definition) is 10. The third kappa shape index (κ3) is 4.69. The molecule has 0 radical (unpaired) electrons. The minimum absolute atomic E-state index is 0.0540. The lowest BCUT2D eigenvalue weighted by atomic mass is 10.1. The molecule has 1 aromatic carbocycles. The number of imidazole rings is 1. The van der Waals surface area contributed by atoms with E-state index in [1.54, 1.807) is 0 Å². The van der Waals surface area contributed by atoms with Gasteiger partial charge >= 0.3 is 17.9 Å². The zero-order valence-corrected chi connectivity index (χ0v) is 18.3. The summed E-state index contributed by atoms with van der Waals surface area (Å²) in [6.45, 7) is 1.91. The van der Waals surface area contributed by atoms with Crippen LogP contribution in [0.25, 0.3) is 11.2 Å². The van der Waals surface area contributed by atoms with Crippen molar-refractivity contribution in [1.29, 1.82) is 0 Å². The Bertz CT molecular complexity index is 1260. The molecule has 12 nitrogen and oxygen atoms in total. The number of anilines is 1. The second-order valence-electron chi connectivity index (χ2n) is 7.55. The molecule has 0 amide bonds. The van der Waals surface area contributed by atoms with Gasteiger partial charge in [-0.1, -0.05) is 30.3 Å². The number of ether oxygens (including phenoxy) is 4. The number of carbonyl (C=O) groups is 2. The number of esters is 2. The lowest BCUT2D eigenvalue weighted by molar-refractivity contribution is -0.154. The van der Waals surface area contributed by atoms with Crippen LogP contribution >= 0.6 is 0 Å². The highest BCUT2D eigenvalue weighted by Gasteiger charge is 2.50. The summed E-state index contributed by atoms with van der Waals surface area (Å²) >= 11 is 0. The van der Waals surface area contributed by atoms with Gasteiger partial charge in [-0.2, -0.15) is 9.97 Å². The monoisotopic (exact) mass is 475 g/mol. The first kappa shape index (κ1) is 23.2. The van der Waals surface area contributed by atoms with Crippen LogP contribution in [0.4, 0.5) is 10.3 Å². The maximum absolute atomic E-state index is 15.3. The van der Waals surface area contributed by atoms with E-state index in [-0.39, 0.29) is 29.7 Å². The topological polar surface area (TPSA) is 161 Å². The first-order valence-corrected chi connectivity index (χ1v) is 10.3. The number of rotatable bonds is 7. The molecule has 4 rings (SSSR count). The fourth-order valence-electron chi connectivity index (χ4n) is 3.59. The Labute approximate surface area is 191 Å². The van der Waals surface area contributed by atoms with Gasteiger partial charge in [0.15, 0.2) is 29.7 Å². The van der Waals surface area contributed by atoms with Gasteiger partial charge in [0.2, 0.25) is 5.95 Å². The summed E-state index contributed by atoms with van der Waals surface area (Å²) in [4.78, 5) is 46.0. The molecule has 3 N–H and O–H groups in total. The van der Waals surface area contributed by atoms with Crippen LogP contribution in [-0.2, 0) is 30.4 Å². The number of H-pyrrole nitrogens is 1. The lowest BCUT2D eigenvalue weighted by Gasteiger charge is -2.22. The van der Waals surface area contributed by atoms with E-state index in [1.165, 1.54) is 11.5 Å². The van der Waals surface area contributed by atoms with E-state index in [1.807, 2.05) is 30.3 Å². The maximum Gasteiger partial charge on any atom is 0.303 e. The van der Waals surface area contributed by atoms with Crippen molar-refractivity contribution in [2.24, 2.45) is 0 Å². The van der Waals surface area contributed by atoms with Gasteiger partial charge in [0.05, 0.1) is 0 Å². The van der Waals surface area contributed by atoms with Crippen molar-refractivity contribution >= 4 is 29.1 Å². The summed E-state index contributed by atoms with van der Waals surface area (Å²) in [6.07, 6.45) is -5.95. The molecule has 1 aliphatic rings. The Balaban J connectivity index is 1.78. The average molecular weight is 475 g/mol. The van der Waals surface area contributed by atoms with Crippen molar-refractivity contribution in [3.8, 4) is 6.01 Å². The fraction of sp³-hybridized carbons (Fsp3) is 0.381. The minimum atomic E-state index is -1.87. The number of nitrogens with one attached hydrogen (secondary N) is 1. The molecule has 0 unspecified atom stereocenters. The van der Waals surface area contributed by atoms with E-state index >= 15 is 4.39 Å². The van der Waals surface area contributed by atoms with Crippen LogP contribution in [0.3, 0.4) is 0 Å². The Kier molecular flexibility index (Phi) is 6.45. The molecule has 3 aromatic rings. The normalized spacial score (nSPS) is 22.0. The zero-order valence-electron chi connectivity index (χ0n) is 18.3. The van der Waals surface area contributed by atoms with Gasteiger partial charge < -0.3 is 24.7 Å². The number of aromatic nitrogens is 4. The number of nitrogen functional groups attached to an aromatic ring is 1. The first-order valence-electron chi connectivity index (χ1n) is 10.3. The highest BCUT2D eigenvalue weighted by atomic mass is 19.1. The van der Waals surface area contributed by atoms with Crippen molar-refractivity contribution < 1.29 is 32.9 Å². The summed E-state index contributed by atoms with van der Waals surface area (Å²) in [6, 6.07) is 8.97. The average Bonchev–Trinajstić information content (AvgIpc) is 3.29. The number of nitrogens with zero attached hydrogens (tertiary/aromatic N) is 3. The molecule has 0 aliphatic carbocycles. The zero-order chi connectivity index (χ0) is 24.4. The van der Waals surface area contributed by atoms with E-state index in [0.717, 1.165) is 12.5 Å². The van der Waals surface area contributed by atoms with Crippen molar-refractivity contribution in [3.63, 3.8) is 0 Å². The quantitative estimate of drug-likeness (QED) is 0.472. The Morgan fingerprint density at radius 1 is 1.21 bits per heavy atom. The largest absolute Gasteiger partial charge is 0.463 e. The fourth-order valence-corrected chi connectivity index (χ4v) is 3.59. The van der Waals surface area contributed by atoms with Crippen LogP contribution in [0, 0.1) is 0 Å². The molecule has 3 heterocycles. The summed E-state index contributed by atoms with van der Waals surface area (Å²) in [7, 11) is 0. The van der Waals surface area contributed by atoms with Crippen LogP contribution in [0.2, 0.25) is 0 Å². The first-order chi connectivity index (χ1) is 16.2. The van der Waals surface area contributed by atoms with Gasteiger partial charge in [-0.3, -0.25) is 19.4 Å². The SMILES string of the molecule is CC(=O)OC[C@H]1O[C@@H](n2c(OCc3ccccc3)nc3c(=O)[nH]c(N)nc32)[C@H](OC(C)=O)[C@@H]1F. The number of benzene rings is 1. The molecule has 4 atom stereocenters. The van der Waals surface area contributed by atoms with Gasteiger partial charge in [-0.25, -0.2) is 8.96 Å². The van der Waals surface area contributed by atoms with E-state index in [0.29, 0.717) is 0 Å². The molecule has 0 spiro atoms. The van der Waals surface area contributed by atoms with Gasteiger partial charge in [-0.05, 0) is 5.56 Å². The van der Waals surface area contributed by atoms with Crippen molar-refractivity contribution in [1.82, 2.24) is 19.5 Å². The number of nitrogens with two attached hydrogens (primary N) is 1. The van der Waals surface area contributed by atoms with Crippen molar-refractivity contribution in [3.05, 3.63) is 46.2 Å². The highest BCUT2D eigenvalue weighted by molar-refractivity contribution is 5.72. The number of aromatic amines is 1. The summed E-state index contributed by atoms with van der Waals surface area (Å²) < 4.78 is 38.2. The van der Waals surface area contributed by atoms with Gasteiger partial charge in [-0.15, -0.1) is 0 Å². The second kappa shape index (κ2) is 9.47. The smallest absolute Gasteiger partial charge is 0.303 e. The van der Waals surface area contributed by atoms with Gasteiger partial charge in [0, 0.05) is 13.8 Å². The molecule has 34 heavy (non-hydrogen) atoms. The van der Waals surface area contributed by atoms with E-state index in [2.05, 4.69) is 15.0 Å². The van der Waals surface area contributed by atoms with Crippen LogP contribution < -0.4 is 16.0 Å². The third-order valence-corrected chi connectivity index (χ3v) is 5.02. The van der Waals surface area contributed by atoms with Crippen molar-refractivity contribution in [2.45, 2.75) is 45.1 Å². The highest BCUT2D eigenvalue weighted by Crippen LogP contribution is 2.38. The molecular weight excluding hydrogens is 453 g/mol. The van der Waals surface area contributed by atoms with E-state index in [9.17, 15) is 14.4 Å². The molecule has 1 aliphatic heterocycles. The second-order valence-corrected chi connectivity index (χ2v) is 7.55. The number of carbonyl (C=O) groups excluding carboxylic acids is 2. The lowest BCUT2D eigenvalue weighted by Crippen LogP contribution is -2.34. The van der Waals surface area contributed by atoms with Crippen LogP contribution in [0.1, 0.15) is 25.6 Å². The summed E-state index contributed by atoms with van der Waals surface area (Å²) in [5, 5.41) is 0. The minimum Gasteiger partial charge on any atom is -0.463 e. The number of hydrogen-bond donors (Lipinski definition) is 2. The molecule has 180 valence electrons. The predicted octanol–water partition coefficient (Wildman–Crippen LogP) is 1.01. The van der Waals surface area contributed by atoms with Crippen LogP contribution in [-0.4, -0.2) is 56.4 Å². The van der Waals surface area contributed by atoms with E-state index < -0.39 is 48.7 Å².